The molecule has 1 aliphatic heterocycles. The quantitative estimate of drug-likeness (QED) is 0.735. The predicted molar refractivity (Wildman–Crippen MR) is 80.6 cm³/mol. The number of hydrogen-bond acceptors (Lipinski definition) is 3. The van der Waals surface area contributed by atoms with Gasteiger partial charge in [-0.1, -0.05) is 26.2 Å². The molecular formula is C16H30N2O2. The third-order valence-electron chi connectivity index (χ3n) is 4.51. The lowest BCUT2D eigenvalue weighted by Crippen LogP contribution is -2.48. The average Bonchev–Trinajstić information content (AvgIpc) is 2.48. The van der Waals surface area contributed by atoms with Crippen LogP contribution in [-0.4, -0.2) is 37.7 Å². The Kier molecular flexibility index (Phi) is 6.80. The molecule has 4 nitrogen and oxygen atoms in total. The van der Waals surface area contributed by atoms with Crippen molar-refractivity contribution in [2.24, 2.45) is 5.92 Å². The van der Waals surface area contributed by atoms with Gasteiger partial charge in [0.25, 0.3) is 0 Å². The maximum Gasteiger partial charge on any atom is 0.237 e. The molecule has 116 valence electrons. The molecule has 0 spiro atoms. The molecule has 0 aromatic carbocycles. The lowest BCUT2D eigenvalue weighted by molar-refractivity contribution is -0.124. The first kappa shape index (κ1) is 15.8. The molecule has 2 fully saturated rings. The number of carbonyl (C=O) groups excluding carboxylic acids is 1. The van der Waals surface area contributed by atoms with Crippen molar-refractivity contribution in [3.8, 4) is 0 Å². The molecule has 2 rings (SSSR count). The fraction of sp³-hybridized carbons (Fsp3) is 0.938. The topological polar surface area (TPSA) is 50.4 Å². The minimum atomic E-state index is 0.0120. The average molecular weight is 282 g/mol. The van der Waals surface area contributed by atoms with Crippen molar-refractivity contribution >= 4 is 5.91 Å². The summed E-state index contributed by atoms with van der Waals surface area (Å²) in [4.78, 5) is 12.0. The van der Waals surface area contributed by atoms with Gasteiger partial charge in [-0.2, -0.15) is 0 Å². The summed E-state index contributed by atoms with van der Waals surface area (Å²) in [6, 6.07) is 0.0120. The smallest absolute Gasteiger partial charge is 0.237 e. The van der Waals surface area contributed by atoms with Crippen LogP contribution in [-0.2, 0) is 9.53 Å². The Balaban J connectivity index is 1.50. The zero-order valence-corrected chi connectivity index (χ0v) is 12.8. The fourth-order valence-corrected chi connectivity index (χ4v) is 3.20. The van der Waals surface area contributed by atoms with Crippen LogP contribution >= 0.6 is 0 Å². The molecule has 2 unspecified atom stereocenters. The van der Waals surface area contributed by atoms with Crippen molar-refractivity contribution in [1.82, 2.24) is 10.6 Å². The van der Waals surface area contributed by atoms with Crippen LogP contribution in [0.2, 0.25) is 0 Å². The van der Waals surface area contributed by atoms with Crippen LogP contribution in [0, 0.1) is 5.92 Å². The largest absolute Gasteiger partial charge is 0.378 e. The summed E-state index contributed by atoms with van der Waals surface area (Å²) in [5, 5.41) is 6.33. The van der Waals surface area contributed by atoms with Gasteiger partial charge in [-0.05, 0) is 44.6 Å². The first-order valence-corrected chi connectivity index (χ1v) is 8.38. The van der Waals surface area contributed by atoms with E-state index in [-0.39, 0.29) is 11.9 Å². The third-order valence-corrected chi connectivity index (χ3v) is 4.51. The van der Waals surface area contributed by atoms with Gasteiger partial charge in [0.2, 0.25) is 5.91 Å². The number of ether oxygens (including phenoxy) is 1. The standard InChI is InChI=1S/C16H30N2O2/c1-13-8-10-17-15(12-13)16(19)18-9-5-11-20-14-6-3-2-4-7-14/h13-15,17H,2-12H2,1H3,(H,18,19). The summed E-state index contributed by atoms with van der Waals surface area (Å²) >= 11 is 0. The van der Waals surface area contributed by atoms with E-state index in [9.17, 15) is 4.79 Å². The summed E-state index contributed by atoms with van der Waals surface area (Å²) in [5.74, 6) is 0.816. The maximum atomic E-state index is 12.0. The SMILES string of the molecule is CC1CCNC(C(=O)NCCCOC2CCCCC2)C1. The van der Waals surface area contributed by atoms with Crippen LogP contribution in [0.3, 0.4) is 0 Å². The molecule has 1 saturated heterocycles. The van der Waals surface area contributed by atoms with Crippen molar-refractivity contribution in [2.75, 3.05) is 19.7 Å². The first-order valence-electron chi connectivity index (χ1n) is 8.38. The lowest BCUT2D eigenvalue weighted by atomic mass is 9.94. The summed E-state index contributed by atoms with van der Waals surface area (Å²) in [7, 11) is 0. The van der Waals surface area contributed by atoms with Gasteiger partial charge < -0.3 is 15.4 Å². The third kappa shape index (κ3) is 5.41. The zero-order chi connectivity index (χ0) is 14.2. The second-order valence-electron chi connectivity index (χ2n) is 6.41. The molecule has 2 atom stereocenters. The number of rotatable bonds is 6. The molecule has 0 aromatic rings. The van der Waals surface area contributed by atoms with E-state index in [2.05, 4.69) is 17.6 Å². The van der Waals surface area contributed by atoms with E-state index in [1.165, 1.54) is 38.5 Å². The van der Waals surface area contributed by atoms with Gasteiger partial charge in [-0.15, -0.1) is 0 Å². The Hall–Kier alpha value is -0.610. The molecule has 1 amide bonds. The van der Waals surface area contributed by atoms with Crippen LogP contribution in [0.5, 0.6) is 0 Å². The Morgan fingerprint density at radius 3 is 2.80 bits per heavy atom. The molecule has 1 heterocycles. The van der Waals surface area contributed by atoms with Crippen LogP contribution in [0.25, 0.3) is 0 Å². The fourth-order valence-electron chi connectivity index (χ4n) is 3.20. The van der Waals surface area contributed by atoms with Gasteiger partial charge in [-0.25, -0.2) is 0 Å². The zero-order valence-electron chi connectivity index (χ0n) is 12.8. The predicted octanol–water partition coefficient (Wildman–Crippen LogP) is 2.23. The highest BCUT2D eigenvalue weighted by molar-refractivity contribution is 5.81. The van der Waals surface area contributed by atoms with Gasteiger partial charge >= 0.3 is 0 Å². The normalized spacial score (nSPS) is 28.2. The molecule has 2 aliphatic rings. The van der Waals surface area contributed by atoms with Crippen molar-refractivity contribution in [2.45, 2.75) is 70.4 Å². The summed E-state index contributed by atoms with van der Waals surface area (Å²) in [5.41, 5.74) is 0. The van der Waals surface area contributed by atoms with Gasteiger partial charge in [0.15, 0.2) is 0 Å². The van der Waals surface area contributed by atoms with E-state index in [0.717, 1.165) is 32.5 Å². The lowest BCUT2D eigenvalue weighted by Gasteiger charge is -2.27. The summed E-state index contributed by atoms with van der Waals surface area (Å²) < 4.78 is 5.86. The van der Waals surface area contributed by atoms with Gasteiger partial charge in [0.05, 0.1) is 12.1 Å². The molecule has 0 aromatic heterocycles. The van der Waals surface area contributed by atoms with Crippen molar-refractivity contribution in [3.05, 3.63) is 0 Å². The number of nitrogens with one attached hydrogen (secondary N) is 2. The van der Waals surface area contributed by atoms with E-state index in [0.29, 0.717) is 12.0 Å². The van der Waals surface area contributed by atoms with Crippen molar-refractivity contribution in [3.63, 3.8) is 0 Å². The van der Waals surface area contributed by atoms with E-state index >= 15 is 0 Å². The van der Waals surface area contributed by atoms with E-state index in [1.54, 1.807) is 0 Å². The highest BCUT2D eigenvalue weighted by Crippen LogP contribution is 2.20. The summed E-state index contributed by atoms with van der Waals surface area (Å²) in [6.07, 6.45) is 9.96. The molecule has 1 saturated carbocycles. The molecule has 20 heavy (non-hydrogen) atoms. The van der Waals surface area contributed by atoms with Crippen LogP contribution in [0.15, 0.2) is 0 Å². The molecular weight excluding hydrogens is 252 g/mol. The second kappa shape index (κ2) is 8.63. The number of carbonyl (C=O) groups is 1. The number of hydrogen-bond donors (Lipinski definition) is 2. The van der Waals surface area contributed by atoms with E-state index in [4.69, 9.17) is 4.74 Å². The Morgan fingerprint density at radius 2 is 2.05 bits per heavy atom. The molecule has 1 aliphatic carbocycles. The maximum absolute atomic E-state index is 12.0. The highest BCUT2D eigenvalue weighted by atomic mass is 16.5. The second-order valence-corrected chi connectivity index (χ2v) is 6.41. The molecule has 0 bridgehead atoms. The van der Waals surface area contributed by atoms with Crippen molar-refractivity contribution in [1.29, 1.82) is 0 Å². The first-order chi connectivity index (χ1) is 9.75. The minimum absolute atomic E-state index is 0.0120. The number of amides is 1. The Morgan fingerprint density at radius 1 is 1.25 bits per heavy atom. The van der Waals surface area contributed by atoms with Crippen LogP contribution in [0.1, 0.15) is 58.3 Å². The van der Waals surface area contributed by atoms with Crippen LogP contribution < -0.4 is 10.6 Å². The van der Waals surface area contributed by atoms with Crippen molar-refractivity contribution < 1.29 is 9.53 Å². The van der Waals surface area contributed by atoms with Gasteiger partial charge in [-0.3, -0.25) is 4.79 Å². The van der Waals surface area contributed by atoms with Gasteiger partial charge in [0, 0.05) is 13.2 Å². The Labute approximate surface area is 123 Å². The van der Waals surface area contributed by atoms with E-state index < -0.39 is 0 Å². The Bertz CT molecular complexity index is 290. The summed E-state index contributed by atoms with van der Waals surface area (Å²) in [6.45, 7) is 4.70. The molecule has 4 heteroatoms. The van der Waals surface area contributed by atoms with Crippen LogP contribution in [0.4, 0.5) is 0 Å². The highest BCUT2D eigenvalue weighted by Gasteiger charge is 2.23. The molecule has 2 N–H and O–H groups in total. The molecule has 0 radical (unpaired) electrons. The van der Waals surface area contributed by atoms with Gasteiger partial charge in [0.1, 0.15) is 0 Å². The monoisotopic (exact) mass is 282 g/mol. The number of piperidine rings is 1. The van der Waals surface area contributed by atoms with E-state index in [1.807, 2.05) is 0 Å². The minimum Gasteiger partial charge on any atom is -0.378 e.